The van der Waals surface area contributed by atoms with Gasteiger partial charge in [0.05, 0.1) is 7.11 Å². The predicted molar refractivity (Wildman–Crippen MR) is 127 cm³/mol. The molecule has 0 fully saturated rings. The molecule has 3 rings (SSSR count). The van der Waals surface area contributed by atoms with Crippen LogP contribution in [0.3, 0.4) is 0 Å². The molecule has 0 spiro atoms. The number of nitrogens with zero attached hydrogens (tertiary/aromatic N) is 1. The van der Waals surface area contributed by atoms with E-state index in [0.717, 1.165) is 18.7 Å². The summed E-state index contributed by atoms with van der Waals surface area (Å²) in [5.41, 5.74) is 1.52. The second-order valence-electron chi connectivity index (χ2n) is 7.53. The molecule has 2 aromatic carbocycles. The van der Waals surface area contributed by atoms with Gasteiger partial charge in [-0.15, -0.1) is 0 Å². The van der Waals surface area contributed by atoms with Gasteiger partial charge < -0.3 is 23.9 Å². The molecule has 7 heteroatoms. The first-order valence-corrected chi connectivity index (χ1v) is 10.9. The van der Waals surface area contributed by atoms with Crippen molar-refractivity contribution >= 4 is 28.8 Å². The topological polar surface area (TPSA) is 89.2 Å². The fourth-order valence-corrected chi connectivity index (χ4v) is 3.55. The highest BCUT2D eigenvalue weighted by molar-refractivity contribution is 6.16. The van der Waals surface area contributed by atoms with Crippen LogP contribution < -0.4 is 4.74 Å². The average Bonchev–Trinajstić information content (AvgIpc) is 3.16. The fourth-order valence-electron chi connectivity index (χ4n) is 3.55. The van der Waals surface area contributed by atoms with Crippen LogP contribution in [0.4, 0.5) is 0 Å². The first kappa shape index (κ1) is 24.1. The number of carbonyl (C=O) groups excluding carboxylic acids is 2. The molecule has 7 nitrogen and oxygen atoms in total. The lowest BCUT2D eigenvalue weighted by atomic mass is 10.0. The number of phenolic OH excluding ortho intramolecular Hbond substituents is 1. The zero-order chi connectivity index (χ0) is 24.0. The summed E-state index contributed by atoms with van der Waals surface area (Å²) in [6, 6.07) is 10.3. The van der Waals surface area contributed by atoms with Crippen molar-refractivity contribution in [3.8, 4) is 11.5 Å². The molecule has 33 heavy (non-hydrogen) atoms. The molecule has 1 heterocycles. The van der Waals surface area contributed by atoms with Gasteiger partial charge in [0, 0.05) is 17.5 Å². The minimum Gasteiger partial charge on any atom is -0.507 e. The van der Waals surface area contributed by atoms with Crippen molar-refractivity contribution in [2.45, 2.75) is 20.8 Å². The Morgan fingerprint density at radius 2 is 1.79 bits per heavy atom. The molecule has 0 radical (unpaired) electrons. The average molecular weight is 452 g/mol. The second kappa shape index (κ2) is 10.8. The maximum Gasteiger partial charge on any atom is 0.374 e. The lowest BCUT2D eigenvalue weighted by molar-refractivity contribution is 0.0432. The summed E-state index contributed by atoms with van der Waals surface area (Å²) in [5.74, 6) is -0.513. The highest BCUT2D eigenvalue weighted by atomic mass is 16.5. The molecule has 0 unspecified atom stereocenters. The number of fused-ring (bicyclic) bond motifs is 1. The van der Waals surface area contributed by atoms with Crippen LogP contribution in [0.5, 0.6) is 11.5 Å². The highest BCUT2D eigenvalue weighted by Crippen LogP contribution is 2.34. The number of hydrogen-bond acceptors (Lipinski definition) is 7. The Labute approximate surface area is 193 Å². The van der Waals surface area contributed by atoms with Gasteiger partial charge in [-0.1, -0.05) is 32.1 Å². The van der Waals surface area contributed by atoms with Crippen molar-refractivity contribution in [2.75, 3.05) is 33.4 Å². The molecular weight excluding hydrogens is 422 g/mol. The monoisotopic (exact) mass is 451 g/mol. The molecule has 0 aliphatic carbocycles. The van der Waals surface area contributed by atoms with E-state index in [0.29, 0.717) is 23.2 Å². The van der Waals surface area contributed by atoms with Crippen molar-refractivity contribution in [1.29, 1.82) is 0 Å². The Balaban J connectivity index is 1.85. The van der Waals surface area contributed by atoms with Crippen LogP contribution in [-0.4, -0.2) is 55.1 Å². The van der Waals surface area contributed by atoms with E-state index in [9.17, 15) is 14.7 Å². The molecular formula is C26H29NO6. The number of furan rings is 1. The summed E-state index contributed by atoms with van der Waals surface area (Å²) < 4.78 is 16.3. The summed E-state index contributed by atoms with van der Waals surface area (Å²) in [4.78, 5) is 27.7. The number of allylic oxidation sites excluding steroid dienone is 1. The standard InChI is InChI=1S/C26H29NO6/c1-5-27(6-2)15-16-32-26(30)24-17(3)20-12-14-22(29)23(25(20)33-24)21(28)13-9-18-7-10-19(31-4)11-8-18/h7-14,29H,5-6,15-16H2,1-4H3. The Morgan fingerprint density at radius 3 is 2.42 bits per heavy atom. The fraction of sp³-hybridized carbons (Fsp3) is 0.308. The van der Waals surface area contributed by atoms with Gasteiger partial charge in [-0.3, -0.25) is 4.79 Å². The van der Waals surface area contributed by atoms with Crippen LogP contribution in [-0.2, 0) is 4.74 Å². The summed E-state index contributed by atoms with van der Waals surface area (Å²) in [7, 11) is 1.58. The largest absolute Gasteiger partial charge is 0.507 e. The van der Waals surface area contributed by atoms with Crippen molar-refractivity contribution in [2.24, 2.45) is 0 Å². The lowest BCUT2D eigenvalue weighted by Gasteiger charge is -2.17. The number of phenols is 1. The summed E-state index contributed by atoms with van der Waals surface area (Å²) >= 11 is 0. The van der Waals surface area contributed by atoms with Crippen LogP contribution in [0.15, 0.2) is 46.9 Å². The van der Waals surface area contributed by atoms with Crippen LogP contribution in [0.2, 0.25) is 0 Å². The molecule has 0 amide bonds. The van der Waals surface area contributed by atoms with Gasteiger partial charge in [-0.25, -0.2) is 4.79 Å². The zero-order valence-electron chi connectivity index (χ0n) is 19.4. The SMILES string of the molecule is CCN(CC)CCOC(=O)c1oc2c(C(=O)C=Cc3ccc(OC)cc3)c(O)ccc2c1C. The summed E-state index contributed by atoms with van der Waals surface area (Å²) in [6.45, 7) is 8.41. The Kier molecular flexibility index (Phi) is 7.90. The van der Waals surface area contributed by atoms with Crippen LogP contribution in [0, 0.1) is 6.92 Å². The third-order valence-electron chi connectivity index (χ3n) is 5.59. The van der Waals surface area contributed by atoms with Gasteiger partial charge in [-0.05, 0) is 55.9 Å². The van der Waals surface area contributed by atoms with E-state index in [4.69, 9.17) is 13.9 Å². The predicted octanol–water partition coefficient (Wildman–Crippen LogP) is 4.85. The molecule has 0 aliphatic rings. The normalized spacial score (nSPS) is 11.4. The van der Waals surface area contributed by atoms with E-state index in [1.165, 1.54) is 12.1 Å². The third kappa shape index (κ3) is 5.43. The van der Waals surface area contributed by atoms with Crippen LogP contribution in [0.1, 0.15) is 45.9 Å². The van der Waals surface area contributed by atoms with Gasteiger partial charge in [0.2, 0.25) is 5.76 Å². The van der Waals surface area contributed by atoms with E-state index < -0.39 is 11.8 Å². The molecule has 0 bridgehead atoms. The van der Waals surface area contributed by atoms with Crippen molar-refractivity contribution in [1.82, 2.24) is 4.90 Å². The van der Waals surface area contributed by atoms with E-state index in [1.54, 1.807) is 38.3 Å². The number of methoxy groups -OCH3 is 1. The van der Waals surface area contributed by atoms with Gasteiger partial charge in [0.15, 0.2) is 5.78 Å². The van der Waals surface area contributed by atoms with E-state index in [1.807, 2.05) is 26.0 Å². The van der Waals surface area contributed by atoms with E-state index in [2.05, 4.69) is 4.90 Å². The Morgan fingerprint density at radius 1 is 1.09 bits per heavy atom. The van der Waals surface area contributed by atoms with Gasteiger partial charge >= 0.3 is 5.97 Å². The minimum absolute atomic E-state index is 0.00236. The smallest absolute Gasteiger partial charge is 0.374 e. The number of ketones is 1. The third-order valence-corrected chi connectivity index (χ3v) is 5.59. The number of benzene rings is 2. The van der Waals surface area contributed by atoms with Gasteiger partial charge in [-0.2, -0.15) is 0 Å². The van der Waals surface area contributed by atoms with Crippen molar-refractivity contribution in [3.05, 3.63) is 64.9 Å². The minimum atomic E-state index is -0.595. The molecule has 0 saturated heterocycles. The molecule has 3 aromatic rings. The molecule has 1 N–H and O–H groups in total. The van der Waals surface area contributed by atoms with Crippen LogP contribution in [0.25, 0.3) is 17.0 Å². The van der Waals surface area contributed by atoms with Crippen LogP contribution >= 0.6 is 0 Å². The zero-order valence-corrected chi connectivity index (χ0v) is 19.4. The Bertz CT molecular complexity index is 1160. The molecule has 0 atom stereocenters. The van der Waals surface area contributed by atoms with Gasteiger partial charge in [0.1, 0.15) is 29.3 Å². The van der Waals surface area contributed by atoms with Crippen molar-refractivity contribution < 1.29 is 28.6 Å². The maximum atomic E-state index is 12.9. The van der Waals surface area contributed by atoms with E-state index >= 15 is 0 Å². The highest BCUT2D eigenvalue weighted by Gasteiger charge is 2.24. The number of carbonyl (C=O) groups is 2. The van der Waals surface area contributed by atoms with Crippen molar-refractivity contribution in [3.63, 3.8) is 0 Å². The number of likely N-dealkylation sites (N-methyl/N-ethyl adjacent to an activating group) is 1. The second-order valence-corrected chi connectivity index (χ2v) is 7.53. The number of ether oxygens (including phenoxy) is 2. The number of aromatic hydroxyl groups is 1. The molecule has 174 valence electrons. The number of rotatable bonds is 10. The lowest BCUT2D eigenvalue weighted by Crippen LogP contribution is -2.27. The maximum absolute atomic E-state index is 12.9. The first-order chi connectivity index (χ1) is 15.9. The Hall–Kier alpha value is -3.58. The van der Waals surface area contributed by atoms with E-state index in [-0.39, 0.29) is 29.3 Å². The summed E-state index contributed by atoms with van der Waals surface area (Å²) in [6.07, 6.45) is 2.99. The summed E-state index contributed by atoms with van der Waals surface area (Å²) in [5, 5.41) is 11.0. The molecule has 0 aliphatic heterocycles. The number of hydrogen-bond donors (Lipinski definition) is 1. The number of aryl methyl sites for hydroxylation is 1. The quantitative estimate of drug-likeness (QED) is 0.268. The number of esters is 1. The molecule has 1 aromatic heterocycles. The molecule has 0 saturated carbocycles. The van der Waals surface area contributed by atoms with Gasteiger partial charge in [0.25, 0.3) is 0 Å². The first-order valence-electron chi connectivity index (χ1n) is 10.9.